The first-order chi connectivity index (χ1) is 12.0. The Morgan fingerprint density at radius 1 is 1.32 bits per heavy atom. The van der Waals surface area contributed by atoms with Gasteiger partial charge in [-0.05, 0) is 34.4 Å². The van der Waals surface area contributed by atoms with Gasteiger partial charge in [-0.15, -0.1) is 0 Å². The smallest absolute Gasteiger partial charge is 0.375 e. The van der Waals surface area contributed by atoms with E-state index in [9.17, 15) is 9.46 Å². The van der Waals surface area contributed by atoms with Gasteiger partial charge in [-0.1, -0.05) is 35.3 Å². The molecule has 2 N–H and O–H groups in total. The van der Waals surface area contributed by atoms with E-state index in [0.29, 0.717) is 35.3 Å². The highest BCUT2D eigenvalue weighted by atomic mass is 35.5. The molecule has 0 amide bonds. The number of aromatic nitrogens is 1. The summed E-state index contributed by atoms with van der Waals surface area (Å²) in [6.45, 7) is 1.04. The lowest BCUT2D eigenvalue weighted by Crippen LogP contribution is -2.41. The molecule has 3 rings (SSSR count). The van der Waals surface area contributed by atoms with Gasteiger partial charge in [0, 0.05) is 19.2 Å². The van der Waals surface area contributed by atoms with Crippen molar-refractivity contribution in [1.82, 2.24) is 10.3 Å². The Balaban J connectivity index is 1.61. The maximum Gasteiger partial charge on any atom is 0.515 e. The second-order valence-corrected chi connectivity index (χ2v) is 7.94. The first-order valence-electron chi connectivity index (χ1n) is 7.90. The molecule has 0 saturated carbocycles. The number of hydrogen-bond donors (Lipinski definition) is 2. The Hall–Kier alpha value is -1.07. The van der Waals surface area contributed by atoms with Crippen molar-refractivity contribution in [3.8, 4) is 0 Å². The number of ether oxygens (including phenoxy) is 1. The normalized spacial score (nSPS) is 22.4. The van der Waals surface area contributed by atoms with Crippen LogP contribution in [0.2, 0.25) is 10.0 Å². The van der Waals surface area contributed by atoms with E-state index in [1.807, 2.05) is 18.2 Å². The first-order valence-corrected chi connectivity index (χ1v) is 9.94. The molecule has 0 aliphatic carbocycles. The van der Waals surface area contributed by atoms with E-state index in [2.05, 4.69) is 10.3 Å². The van der Waals surface area contributed by atoms with Crippen molar-refractivity contribution in [3.63, 3.8) is 0 Å². The molecule has 2 aromatic rings. The number of nitrogens with one attached hydrogen (secondary N) is 1. The standard InChI is InChI=1S/C17H17Cl2N2O3P/c18-13-5-4-11(7-14(13)19)16-10-24-12(9-21-16)8-17(25(22)23)15-3-1-2-6-20-15/h1-7,12,16-17,21H,8-10H2/p+1. The summed E-state index contributed by atoms with van der Waals surface area (Å²) >= 11 is 12.0. The van der Waals surface area contributed by atoms with Crippen molar-refractivity contribution >= 4 is 31.2 Å². The fourth-order valence-electron chi connectivity index (χ4n) is 2.86. The predicted molar refractivity (Wildman–Crippen MR) is 98.4 cm³/mol. The Morgan fingerprint density at radius 3 is 2.76 bits per heavy atom. The van der Waals surface area contributed by atoms with Crippen LogP contribution in [-0.2, 0) is 9.30 Å². The fourth-order valence-corrected chi connectivity index (χ4v) is 3.97. The van der Waals surface area contributed by atoms with Gasteiger partial charge in [-0.25, -0.2) is 0 Å². The molecular formula is C17H18Cl2N2O3P+. The quantitative estimate of drug-likeness (QED) is 0.733. The van der Waals surface area contributed by atoms with Crippen molar-refractivity contribution in [2.45, 2.75) is 24.2 Å². The molecule has 5 nitrogen and oxygen atoms in total. The number of nitrogens with zero attached hydrogens (tertiary/aromatic N) is 1. The summed E-state index contributed by atoms with van der Waals surface area (Å²) in [5.74, 6) is 0. The van der Waals surface area contributed by atoms with Crippen LogP contribution < -0.4 is 5.32 Å². The fraction of sp³-hybridized carbons (Fsp3) is 0.353. The number of benzene rings is 1. The third kappa shape index (κ3) is 4.76. The summed E-state index contributed by atoms with van der Waals surface area (Å²) in [6.07, 6.45) is 1.91. The van der Waals surface area contributed by atoms with Crippen molar-refractivity contribution in [1.29, 1.82) is 0 Å². The molecule has 1 saturated heterocycles. The minimum Gasteiger partial charge on any atom is -0.375 e. The topological polar surface area (TPSA) is 71.5 Å². The molecule has 0 radical (unpaired) electrons. The third-order valence-corrected chi connectivity index (χ3v) is 5.97. The molecule has 4 unspecified atom stereocenters. The van der Waals surface area contributed by atoms with Gasteiger partial charge >= 0.3 is 8.03 Å². The van der Waals surface area contributed by atoms with Gasteiger partial charge < -0.3 is 10.1 Å². The second-order valence-electron chi connectivity index (χ2n) is 5.90. The van der Waals surface area contributed by atoms with Crippen LogP contribution in [0.15, 0.2) is 42.6 Å². The van der Waals surface area contributed by atoms with Gasteiger partial charge in [0.2, 0.25) is 5.66 Å². The number of pyridine rings is 1. The molecule has 2 heterocycles. The zero-order chi connectivity index (χ0) is 17.8. The molecule has 1 fully saturated rings. The van der Waals surface area contributed by atoms with Gasteiger partial charge in [0.25, 0.3) is 0 Å². The Bertz CT molecular complexity index is 740. The van der Waals surface area contributed by atoms with E-state index in [0.717, 1.165) is 5.56 Å². The second kappa shape index (κ2) is 8.54. The van der Waals surface area contributed by atoms with Crippen LogP contribution in [0.25, 0.3) is 0 Å². The summed E-state index contributed by atoms with van der Waals surface area (Å²) < 4.78 is 17.6. The van der Waals surface area contributed by atoms with Crippen molar-refractivity contribution in [2.75, 3.05) is 13.2 Å². The summed E-state index contributed by atoms with van der Waals surface area (Å²) in [5.41, 5.74) is 1.08. The van der Waals surface area contributed by atoms with E-state index in [4.69, 9.17) is 27.9 Å². The van der Waals surface area contributed by atoms with Gasteiger partial charge in [0.1, 0.15) is 0 Å². The van der Waals surface area contributed by atoms with Crippen LogP contribution in [0, 0.1) is 0 Å². The number of rotatable bonds is 5. The molecule has 1 aliphatic heterocycles. The molecule has 4 atom stereocenters. The van der Waals surface area contributed by atoms with Gasteiger partial charge in [-0.3, -0.25) is 4.98 Å². The van der Waals surface area contributed by atoms with Crippen LogP contribution >= 0.6 is 31.2 Å². The minimum atomic E-state index is -2.38. The van der Waals surface area contributed by atoms with Crippen molar-refractivity contribution in [3.05, 3.63) is 63.9 Å². The van der Waals surface area contributed by atoms with E-state index < -0.39 is 13.7 Å². The lowest BCUT2D eigenvalue weighted by atomic mass is 10.0. The first kappa shape index (κ1) is 18.7. The highest BCUT2D eigenvalue weighted by Gasteiger charge is 2.36. The molecule has 8 heteroatoms. The molecule has 25 heavy (non-hydrogen) atoms. The average molecular weight is 400 g/mol. The number of morpholine rings is 1. The molecule has 0 spiro atoms. The van der Waals surface area contributed by atoms with E-state index in [-0.39, 0.29) is 12.1 Å². The maximum absolute atomic E-state index is 11.7. The van der Waals surface area contributed by atoms with E-state index in [1.165, 1.54) is 0 Å². The maximum atomic E-state index is 11.7. The largest absolute Gasteiger partial charge is 0.515 e. The Kier molecular flexibility index (Phi) is 6.39. The van der Waals surface area contributed by atoms with Gasteiger partial charge in [0.05, 0.1) is 34.5 Å². The molecule has 1 aliphatic rings. The number of halogens is 2. The van der Waals surface area contributed by atoms with E-state index in [1.54, 1.807) is 24.4 Å². The molecular weight excluding hydrogens is 382 g/mol. The molecule has 0 bridgehead atoms. The van der Waals surface area contributed by atoms with Crippen LogP contribution in [-0.4, -0.2) is 29.1 Å². The molecule has 1 aromatic heterocycles. The van der Waals surface area contributed by atoms with Gasteiger partial charge in [0.15, 0.2) is 0 Å². The van der Waals surface area contributed by atoms with Crippen LogP contribution in [0.1, 0.15) is 29.4 Å². The molecule has 132 valence electrons. The monoisotopic (exact) mass is 399 g/mol. The summed E-state index contributed by atoms with van der Waals surface area (Å²) in [7, 11) is -2.38. The lowest BCUT2D eigenvalue weighted by molar-refractivity contribution is -0.00158. The predicted octanol–water partition coefficient (Wildman–Crippen LogP) is 4.28. The summed E-state index contributed by atoms with van der Waals surface area (Å²) in [4.78, 5) is 13.8. The Morgan fingerprint density at radius 2 is 2.16 bits per heavy atom. The Labute approximate surface area is 157 Å². The average Bonchev–Trinajstić information content (AvgIpc) is 2.63. The van der Waals surface area contributed by atoms with Crippen molar-refractivity contribution in [2.24, 2.45) is 0 Å². The molecule has 1 aromatic carbocycles. The highest BCUT2D eigenvalue weighted by molar-refractivity contribution is 7.38. The van der Waals surface area contributed by atoms with Crippen LogP contribution in [0.5, 0.6) is 0 Å². The zero-order valence-corrected chi connectivity index (χ0v) is 15.7. The highest BCUT2D eigenvalue weighted by Crippen LogP contribution is 2.41. The lowest BCUT2D eigenvalue weighted by Gasteiger charge is -2.31. The van der Waals surface area contributed by atoms with E-state index >= 15 is 0 Å². The van der Waals surface area contributed by atoms with Crippen LogP contribution in [0.4, 0.5) is 0 Å². The SMILES string of the molecule is O=[P+](O)C(CC1CNC(c2ccc(Cl)c(Cl)c2)CO1)c1ccccn1. The van der Waals surface area contributed by atoms with Crippen LogP contribution in [0.3, 0.4) is 0 Å². The summed E-state index contributed by atoms with van der Waals surface area (Å²) in [5, 5.41) is 4.43. The zero-order valence-electron chi connectivity index (χ0n) is 13.3. The third-order valence-electron chi connectivity index (χ3n) is 4.22. The summed E-state index contributed by atoms with van der Waals surface area (Å²) in [6, 6.07) is 10.9. The van der Waals surface area contributed by atoms with Crippen molar-refractivity contribution < 1.29 is 14.2 Å². The van der Waals surface area contributed by atoms with Gasteiger partial charge in [-0.2, -0.15) is 4.89 Å². The number of hydrogen-bond acceptors (Lipinski definition) is 4. The minimum absolute atomic E-state index is 0.0159.